The van der Waals surface area contributed by atoms with E-state index in [1.54, 1.807) is 0 Å². The van der Waals surface area contributed by atoms with E-state index in [0.29, 0.717) is 4.83 Å². The maximum Gasteiger partial charge on any atom is 0.119 e. The lowest BCUT2D eigenvalue weighted by atomic mass is 10.1. The van der Waals surface area contributed by atoms with Crippen molar-refractivity contribution < 1.29 is 4.74 Å². The van der Waals surface area contributed by atoms with E-state index in [1.165, 1.54) is 18.4 Å². The van der Waals surface area contributed by atoms with Crippen LogP contribution in [0.3, 0.4) is 0 Å². The predicted octanol–water partition coefficient (Wildman–Crippen LogP) is 4.58. The van der Waals surface area contributed by atoms with E-state index in [2.05, 4.69) is 47.1 Å². The summed E-state index contributed by atoms with van der Waals surface area (Å²) in [4.78, 5) is 0.638. The molecule has 0 fully saturated rings. The Labute approximate surface area is 107 Å². The van der Waals surface area contributed by atoms with Crippen LogP contribution in [0.4, 0.5) is 0 Å². The SMILES string of the molecule is CCC(Br)CCc1ccc(OC(C)C)cc1. The second-order valence-corrected chi connectivity index (χ2v) is 5.65. The summed E-state index contributed by atoms with van der Waals surface area (Å²) < 4.78 is 5.61. The molecule has 1 aromatic carbocycles. The monoisotopic (exact) mass is 284 g/mol. The minimum atomic E-state index is 0.248. The molecule has 0 aromatic heterocycles. The molecule has 2 heteroatoms. The van der Waals surface area contributed by atoms with E-state index in [9.17, 15) is 0 Å². The van der Waals surface area contributed by atoms with Gasteiger partial charge < -0.3 is 4.74 Å². The van der Waals surface area contributed by atoms with Gasteiger partial charge in [-0.3, -0.25) is 0 Å². The van der Waals surface area contributed by atoms with Gasteiger partial charge in [0.25, 0.3) is 0 Å². The van der Waals surface area contributed by atoms with E-state index in [-0.39, 0.29) is 6.10 Å². The fourth-order valence-corrected chi connectivity index (χ4v) is 1.76. The van der Waals surface area contributed by atoms with Crippen molar-refractivity contribution in [1.29, 1.82) is 0 Å². The minimum Gasteiger partial charge on any atom is -0.491 e. The number of halogens is 1. The van der Waals surface area contributed by atoms with Gasteiger partial charge in [-0.25, -0.2) is 0 Å². The molecular formula is C14H21BrO. The van der Waals surface area contributed by atoms with Crippen molar-refractivity contribution >= 4 is 15.9 Å². The van der Waals surface area contributed by atoms with Gasteiger partial charge in [-0.15, -0.1) is 0 Å². The summed E-state index contributed by atoms with van der Waals surface area (Å²) in [5.74, 6) is 0.963. The smallest absolute Gasteiger partial charge is 0.119 e. The molecule has 0 bridgehead atoms. The van der Waals surface area contributed by atoms with Crippen LogP contribution in [0.1, 0.15) is 39.2 Å². The van der Waals surface area contributed by atoms with Crippen LogP contribution in [0.25, 0.3) is 0 Å². The zero-order valence-electron chi connectivity index (χ0n) is 10.4. The third-order valence-corrected chi connectivity index (χ3v) is 3.59. The molecule has 0 N–H and O–H groups in total. The number of hydrogen-bond donors (Lipinski definition) is 0. The van der Waals surface area contributed by atoms with Gasteiger partial charge in [0.2, 0.25) is 0 Å². The van der Waals surface area contributed by atoms with Gasteiger partial charge in [-0.1, -0.05) is 35.0 Å². The zero-order valence-corrected chi connectivity index (χ0v) is 12.0. The summed E-state index contributed by atoms with van der Waals surface area (Å²) in [7, 11) is 0. The molecule has 0 radical (unpaired) electrons. The zero-order chi connectivity index (χ0) is 12.0. The molecule has 0 aliphatic rings. The number of hydrogen-bond acceptors (Lipinski definition) is 1. The highest BCUT2D eigenvalue weighted by Gasteiger charge is 2.02. The molecule has 0 saturated carbocycles. The molecule has 90 valence electrons. The van der Waals surface area contributed by atoms with Crippen LogP contribution >= 0.6 is 15.9 Å². The molecule has 1 rings (SSSR count). The standard InChI is InChI=1S/C14H21BrO/c1-4-13(15)8-5-12-6-9-14(10-7-12)16-11(2)3/h6-7,9-11,13H,4-5,8H2,1-3H3. The summed E-state index contributed by atoms with van der Waals surface area (Å²) in [5, 5.41) is 0. The molecule has 0 spiro atoms. The van der Waals surface area contributed by atoms with Crippen LogP contribution in [0, 0.1) is 0 Å². The van der Waals surface area contributed by atoms with Gasteiger partial charge in [0.05, 0.1) is 6.10 Å². The summed E-state index contributed by atoms with van der Waals surface area (Å²) >= 11 is 3.66. The fourth-order valence-electron chi connectivity index (χ4n) is 1.53. The lowest BCUT2D eigenvalue weighted by molar-refractivity contribution is 0.242. The van der Waals surface area contributed by atoms with E-state index in [1.807, 2.05) is 13.8 Å². The first-order chi connectivity index (χ1) is 7.61. The topological polar surface area (TPSA) is 9.23 Å². The average molecular weight is 285 g/mol. The third-order valence-electron chi connectivity index (χ3n) is 2.48. The lowest BCUT2D eigenvalue weighted by Crippen LogP contribution is -2.05. The Kier molecular flexibility index (Phi) is 5.89. The Bertz CT molecular complexity index is 292. The molecule has 1 nitrogen and oxygen atoms in total. The first-order valence-corrected chi connectivity index (χ1v) is 6.93. The maximum absolute atomic E-state index is 5.61. The van der Waals surface area contributed by atoms with Crippen molar-refractivity contribution in [3.63, 3.8) is 0 Å². The Morgan fingerprint density at radius 2 is 1.81 bits per heavy atom. The van der Waals surface area contributed by atoms with Crippen molar-refractivity contribution in [2.24, 2.45) is 0 Å². The molecule has 0 amide bonds. The van der Waals surface area contributed by atoms with Crippen LogP contribution in [-0.4, -0.2) is 10.9 Å². The van der Waals surface area contributed by atoms with Gasteiger partial charge >= 0.3 is 0 Å². The third kappa shape index (κ3) is 5.02. The molecule has 0 saturated heterocycles. The van der Waals surface area contributed by atoms with Crippen LogP contribution in [-0.2, 0) is 6.42 Å². The molecule has 0 heterocycles. The Hall–Kier alpha value is -0.500. The maximum atomic E-state index is 5.61. The number of rotatable bonds is 6. The highest BCUT2D eigenvalue weighted by Crippen LogP contribution is 2.17. The molecule has 1 aromatic rings. The van der Waals surface area contributed by atoms with Crippen LogP contribution in [0.15, 0.2) is 24.3 Å². The Morgan fingerprint density at radius 1 is 1.19 bits per heavy atom. The minimum absolute atomic E-state index is 0.248. The van der Waals surface area contributed by atoms with Crippen LogP contribution in [0.2, 0.25) is 0 Å². The Morgan fingerprint density at radius 3 is 2.31 bits per heavy atom. The number of ether oxygens (including phenoxy) is 1. The molecular weight excluding hydrogens is 264 g/mol. The van der Waals surface area contributed by atoms with Crippen LogP contribution < -0.4 is 4.74 Å². The first-order valence-electron chi connectivity index (χ1n) is 6.01. The number of alkyl halides is 1. The van der Waals surface area contributed by atoms with Crippen molar-refractivity contribution in [3.8, 4) is 5.75 Å². The summed E-state index contributed by atoms with van der Waals surface area (Å²) in [6.45, 7) is 6.30. The number of aryl methyl sites for hydroxylation is 1. The quantitative estimate of drug-likeness (QED) is 0.695. The van der Waals surface area contributed by atoms with Crippen molar-refractivity contribution in [1.82, 2.24) is 0 Å². The first kappa shape index (κ1) is 13.6. The van der Waals surface area contributed by atoms with Gasteiger partial charge in [0.1, 0.15) is 5.75 Å². The largest absolute Gasteiger partial charge is 0.491 e. The van der Waals surface area contributed by atoms with E-state index >= 15 is 0 Å². The number of benzene rings is 1. The summed E-state index contributed by atoms with van der Waals surface area (Å²) in [6, 6.07) is 8.44. The average Bonchev–Trinajstić information content (AvgIpc) is 2.27. The van der Waals surface area contributed by atoms with Crippen molar-refractivity contribution in [2.45, 2.75) is 51.0 Å². The van der Waals surface area contributed by atoms with Gasteiger partial charge in [-0.05, 0) is 50.8 Å². The van der Waals surface area contributed by atoms with Gasteiger partial charge in [-0.2, -0.15) is 0 Å². The highest BCUT2D eigenvalue weighted by atomic mass is 79.9. The second-order valence-electron chi connectivity index (χ2n) is 4.35. The lowest BCUT2D eigenvalue weighted by Gasteiger charge is -2.10. The van der Waals surface area contributed by atoms with E-state index in [0.717, 1.165) is 12.2 Å². The molecule has 1 unspecified atom stereocenters. The predicted molar refractivity (Wildman–Crippen MR) is 73.5 cm³/mol. The van der Waals surface area contributed by atoms with Gasteiger partial charge in [0.15, 0.2) is 0 Å². The summed E-state index contributed by atoms with van der Waals surface area (Å²) in [5.41, 5.74) is 1.38. The van der Waals surface area contributed by atoms with Crippen LogP contribution in [0.5, 0.6) is 5.75 Å². The Balaban J connectivity index is 2.45. The molecule has 16 heavy (non-hydrogen) atoms. The fraction of sp³-hybridized carbons (Fsp3) is 0.571. The molecule has 0 aliphatic heterocycles. The highest BCUT2D eigenvalue weighted by molar-refractivity contribution is 9.09. The normalized spacial score (nSPS) is 12.8. The van der Waals surface area contributed by atoms with Crippen molar-refractivity contribution in [2.75, 3.05) is 0 Å². The van der Waals surface area contributed by atoms with E-state index in [4.69, 9.17) is 4.74 Å². The summed E-state index contributed by atoms with van der Waals surface area (Å²) in [6.07, 6.45) is 3.76. The van der Waals surface area contributed by atoms with Crippen molar-refractivity contribution in [3.05, 3.63) is 29.8 Å². The second kappa shape index (κ2) is 6.95. The molecule has 1 atom stereocenters. The van der Waals surface area contributed by atoms with Gasteiger partial charge in [0, 0.05) is 4.83 Å². The molecule has 0 aliphatic carbocycles. The van der Waals surface area contributed by atoms with E-state index < -0.39 is 0 Å².